The molecule has 5 aliphatic heterocycles. The molecule has 0 aliphatic carbocycles. The van der Waals surface area contributed by atoms with Crippen LogP contribution in [0.15, 0.2) is 60.0 Å². The van der Waals surface area contributed by atoms with Crippen molar-refractivity contribution >= 4 is 46.2 Å². The number of nitrogens with one attached hydrogen (secondary N) is 1. The maximum Gasteiger partial charge on any atom is 0.316 e. The van der Waals surface area contributed by atoms with Crippen molar-refractivity contribution < 1.29 is 29.0 Å². The molecule has 254 valence electrons. The van der Waals surface area contributed by atoms with Crippen LogP contribution >= 0.6 is 11.3 Å². The molecule has 1 unspecified atom stereocenters. The van der Waals surface area contributed by atoms with Crippen molar-refractivity contribution in [1.82, 2.24) is 14.7 Å². The quantitative estimate of drug-likeness (QED) is 0.300. The summed E-state index contributed by atoms with van der Waals surface area (Å²) in [5, 5.41) is 14.3. The molecule has 48 heavy (non-hydrogen) atoms. The predicted octanol–water partition coefficient (Wildman–Crippen LogP) is 3.45. The van der Waals surface area contributed by atoms with E-state index in [-0.39, 0.29) is 30.5 Å². The molecule has 2 aromatic carbocycles. The largest absolute Gasteiger partial charge is 0.462 e. The van der Waals surface area contributed by atoms with Crippen LogP contribution in [-0.4, -0.2) is 121 Å². The number of carbonyl (C=O) groups excluding carboxylic acids is 3. The Labute approximate surface area is 285 Å². The van der Waals surface area contributed by atoms with E-state index in [1.807, 2.05) is 66.9 Å². The summed E-state index contributed by atoms with van der Waals surface area (Å²) in [6.45, 7) is 5.77. The zero-order chi connectivity index (χ0) is 33.5. The van der Waals surface area contributed by atoms with Gasteiger partial charge in [-0.25, -0.2) is 0 Å². The fourth-order valence-electron chi connectivity index (χ4n) is 7.54. The first-order valence-corrected chi connectivity index (χ1v) is 17.6. The van der Waals surface area contributed by atoms with Crippen LogP contribution < -0.4 is 10.2 Å². The number of aryl methyl sites for hydroxylation is 1. The van der Waals surface area contributed by atoms with E-state index in [1.165, 1.54) is 11.3 Å². The lowest BCUT2D eigenvalue weighted by Gasteiger charge is -2.38. The number of para-hydroxylation sites is 2. The van der Waals surface area contributed by atoms with E-state index in [9.17, 15) is 19.5 Å². The van der Waals surface area contributed by atoms with Crippen molar-refractivity contribution in [3.8, 4) is 0 Å². The lowest BCUT2D eigenvalue weighted by atomic mass is 9.97. The van der Waals surface area contributed by atoms with Crippen LogP contribution in [0.25, 0.3) is 0 Å². The van der Waals surface area contributed by atoms with Crippen molar-refractivity contribution in [2.75, 3.05) is 63.6 Å². The Morgan fingerprint density at radius 1 is 1.00 bits per heavy atom. The highest BCUT2D eigenvalue weighted by Gasteiger charge is 2.62. The first kappa shape index (κ1) is 32.9. The molecule has 3 aromatic rings. The third-order valence-electron chi connectivity index (χ3n) is 10.3. The zero-order valence-electron chi connectivity index (χ0n) is 27.6. The minimum absolute atomic E-state index is 0.00116. The number of anilines is 3. The normalized spacial score (nSPS) is 27.0. The van der Waals surface area contributed by atoms with E-state index in [4.69, 9.17) is 9.47 Å². The van der Waals surface area contributed by atoms with Gasteiger partial charge < -0.3 is 24.8 Å². The molecule has 4 fully saturated rings. The van der Waals surface area contributed by atoms with Crippen molar-refractivity contribution in [2.24, 2.45) is 0 Å². The maximum atomic E-state index is 13.3. The number of ether oxygens (including phenoxy) is 2. The molecule has 0 spiro atoms. The number of aliphatic hydroxyl groups excluding tert-OH is 1. The predicted molar refractivity (Wildman–Crippen MR) is 184 cm³/mol. The van der Waals surface area contributed by atoms with Crippen molar-refractivity contribution in [1.29, 1.82) is 0 Å². The van der Waals surface area contributed by atoms with Gasteiger partial charge in [0, 0.05) is 61.4 Å². The van der Waals surface area contributed by atoms with Crippen LogP contribution in [0.5, 0.6) is 0 Å². The number of likely N-dealkylation sites (N-methyl/N-ethyl adjacent to an activating group) is 2. The van der Waals surface area contributed by atoms with E-state index in [0.29, 0.717) is 42.1 Å². The van der Waals surface area contributed by atoms with Crippen molar-refractivity contribution in [3.63, 3.8) is 0 Å². The number of hydrogen-bond acceptors (Lipinski definition) is 10. The number of fused-ring (bicyclic) bond motifs is 7. The number of benzene rings is 2. The summed E-state index contributed by atoms with van der Waals surface area (Å²) in [5.41, 5.74) is 3.49. The molecule has 5 aliphatic rings. The first-order valence-electron chi connectivity index (χ1n) is 16.7. The SMILES string of the molecule is CN1[C@@H]2CC(OC(=O)[C@H](CO)c3ccccc3)C[C@H]1[C@@H]1O[C@@H]12.Cc1scc2c1N(C(=O)CN1CCN(C)CC1)c1ccccc1NC2=O. The fourth-order valence-corrected chi connectivity index (χ4v) is 8.37. The number of amides is 2. The number of nitrogens with zero attached hydrogens (tertiary/aromatic N) is 4. The molecule has 0 radical (unpaired) electrons. The molecule has 2 bridgehead atoms. The highest BCUT2D eigenvalue weighted by atomic mass is 32.1. The van der Waals surface area contributed by atoms with Crippen molar-refractivity contribution in [2.45, 2.75) is 56.1 Å². The second kappa shape index (κ2) is 13.7. The number of morpholine rings is 1. The topological polar surface area (TPSA) is 118 Å². The smallest absolute Gasteiger partial charge is 0.316 e. The number of aliphatic hydroxyl groups is 1. The number of piperidine rings is 1. The first-order chi connectivity index (χ1) is 23.2. The van der Waals surface area contributed by atoms with Gasteiger partial charge in [-0.15, -0.1) is 11.3 Å². The summed E-state index contributed by atoms with van der Waals surface area (Å²) in [5.74, 6) is -1.07. The molecule has 12 heteroatoms. The van der Waals surface area contributed by atoms with Crippen molar-refractivity contribution in [3.05, 3.63) is 76.0 Å². The van der Waals surface area contributed by atoms with Gasteiger partial charge >= 0.3 is 5.97 Å². The van der Waals surface area contributed by atoms with Crippen LogP contribution in [0, 0.1) is 6.92 Å². The number of rotatable bonds is 6. The molecule has 4 saturated heterocycles. The average molecular weight is 674 g/mol. The summed E-state index contributed by atoms with van der Waals surface area (Å²) in [7, 11) is 4.23. The van der Waals surface area contributed by atoms with Gasteiger partial charge in [-0.05, 0) is 38.7 Å². The molecule has 11 nitrogen and oxygen atoms in total. The Hall–Kier alpha value is -3.65. The number of esters is 1. The number of hydrogen-bond donors (Lipinski definition) is 2. The number of piperazine rings is 1. The summed E-state index contributed by atoms with van der Waals surface area (Å²) in [6.07, 6.45) is 2.26. The molecule has 1 aromatic heterocycles. The van der Waals surface area contributed by atoms with E-state index < -0.39 is 5.92 Å². The van der Waals surface area contributed by atoms with Gasteiger partial charge in [0.25, 0.3) is 5.91 Å². The molecular formula is C36H43N5O6S. The minimum atomic E-state index is -0.593. The number of carbonyl (C=O) groups is 3. The third-order valence-corrected chi connectivity index (χ3v) is 11.2. The van der Waals surface area contributed by atoms with Crippen LogP contribution in [0.2, 0.25) is 0 Å². The van der Waals surface area contributed by atoms with Crippen LogP contribution in [-0.2, 0) is 19.1 Å². The Balaban J connectivity index is 0.000000154. The minimum Gasteiger partial charge on any atom is -0.462 e. The lowest BCUT2D eigenvalue weighted by Crippen LogP contribution is -2.48. The Bertz CT molecular complexity index is 1640. The van der Waals surface area contributed by atoms with Gasteiger partial charge in [-0.2, -0.15) is 0 Å². The second-order valence-corrected chi connectivity index (χ2v) is 14.5. The van der Waals surface area contributed by atoms with Gasteiger partial charge in [0.15, 0.2) is 0 Å². The average Bonchev–Trinajstić information content (AvgIpc) is 3.78. The molecule has 2 N–H and O–H groups in total. The van der Waals surface area contributed by atoms with E-state index in [1.54, 1.807) is 4.90 Å². The summed E-state index contributed by atoms with van der Waals surface area (Å²) >= 11 is 1.50. The Morgan fingerprint density at radius 3 is 2.35 bits per heavy atom. The Kier molecular flexibility index (Phi) is 9.38. The molecule has 0 saturated carbocycles. The zero-order valence-corrected chi connectivity index (χ0v) is 28.4. The maximum absolute atomic E-state index is 13.3. The van der Waals surface area contributed by atoms with Gasteiger partial charge in [-0.3, -0.25) is 29.1 Å². The van der Waals surface area contributed by atoms with E-state index in [2.05, 4.69) is 34.1 Å². The molecule has 6 heterocycles. The van der Waals surface area contributed by atoms with Gasteiger partial charge in [-0.1, -0.05) is 42.5 Å². The summed E-state index contributed by atoms with van der Waals surface area (Å²) < 4.78 is 11.4. The highest BCUT2D eigenvalue weighted by Crippen LogP contribution is 2.48. The van der Waals surface area contributed by atoms with Crippen LogP contribution in [0.4, 0.5) is 17.1 Å². The third kappa shape index (κ3) is 6.40. The van der Waals surface area contributed by atoms with Crippen LogP contribution in [0.1, 0.15) is 39.6 Å². The van der Waals surface area contributed by atoms with E-state index >= 15 is 0 Å². The second-order valence-electron chi connectivity index (χ2n) is 13.4. The lowest BCUT2D eigenvalue weighted by molar-refractivity contribution is -0.156. The number of epoxide rings is 1. The fraction of sp³-hybridized carbons (Fsp3) is 0.472. The van der Waals surface area contributed by atoms with Gasteiger partial charge in [0.05, 0.1) is 35.8 Å². The monoisotopic (exact) mass is 673 g/mol. The number of thiophene rings is 1. The molecule has 6 atom stereocenters. The van der Waals surface area contributed by atoms with Crippen LogP contribution in [0.3, 0.4) is 0 Å². The van der Waals surface area contributed by atoms with Gasteiger partial charge in [0.2, 0.25) is 5.91 Å². The Morgan fingerprint density at radius 2 is 1.67 bits per heavy atom. The summed E-state index contributed by atoms with van der Waals surface area (Å²) in [6, 6.07) is 17.6. The van der Waals surface area contributed by atoms with E-state index in [0.717, 1.165) is 60.8 Å². The standard InChI is InChI=1S/C19H22N4O2S.C17H21NO4/c1-13-18-14(12-26-13)19(25)20-15-5-3-4-6-16(15)23(18)17(24)11-22-9-7-21(2)8-10-22;1-18-13-7-11(8-14(18)16-15(13)22-16)21-17(20)12(9-19)10-5-3-2-4-6-10/h3-6,12H,7-11H2,1-2H3,(H,20,25);2-6,11-16,19H,7-9H2,1H3/t;11?,12-,13-,14+,15-,16+/m.1/s1. The highest BCUT2D eigenvalue weighted by molar-refractivity contribution is 7.11. The summed E-state index contributed by atoms with van der Waals surface area (Å²) in [4.78, 5) is 47.9. The molecule has 8 rings (SSSR count). The van der Waals surface area contributed by atoms with Gasteiger partial charge in [0.1, 0.15) is 24.2 Å². The molecule has 2 amide bonds. The molecular weight excluding hydrogens is 630 g/mol.